The lowest BCUT2D eigenvalue weighted by atomic mass is 9.31. The van der Waals surface area contributed by atoms with E-state index in [2.05, 4.69) is 328 Å². The van der Waals surface area contributed by atoms with E-state index < -0.39 is 0 Å². The first kappa shape index (κ1) is 67.7. The van der Waals surface area contributed by atoms with Crippen LogP contribution < -0.4 is 52.4 Å². The molecule has 0 aliphatic carbocycles. The van der Waals surface area contributed by atoms with Crippen LogP contribution in [0.2, 0.25) is 0 Å². The molecule has 11 rings (SSSR count). The van der Waals surface area contributed by atoms with Crippen molar-refractivity contribution in [3.8, 4) is 0 Å². The van der Waals surface area contributed by atoms with Crippen LogP contribution in [0.25, 0.3) is 0 Å². The highest BCUT2D eigenvalue weighted by Gasteiger charge is 2.43. The number of nitrogens with zero attached hydrogens (tertiary/aromatic N) is 4. The Kier molecular flexibility index (Phi) is 19.3. The van der Waals surface area contributed by atoms with Gasteiger partial charge in [0.05, 0.1) is 0 Å². The Bertz CT molecular complexity index is 3730. The largest absolute Gasteiger partial charge is 0.342 e. The molecule has 0 spiro atoms. The third-order valence-corrected chi connectivity index (χ3v) is 20.6. The normalized spacial score (nSPS) is 13.2. The SMILES string of the molecule is CCCCCCN1c2ccc(N(c3ccc(C(C)(C)C)cc3)c3ccc(C(C)(C)C)cc3)cc2B(c2c(C)cc(C)cc2C)c2cc3c(cc21)B(c1c(C)cc(C)cc1C)c1cc(N(c2ccc(C(C)(C)C)cc2)c2ccc(C(C)(C)C)cc2)ccc1N3CCCCCC. The summed E-state index contributed by atoms with van der Waals surface area (Å²) in [5.74, 6) is 0. The van der Waals surface area contributed by atoms with Crippen LogP contribution in [0.1, 0.15) is 204 Å². The summed E-state index contributed by atoms with van der Waals surface area (Å²) in [6.07, 6.45) is 9.39. The van der Waals surface area contributed by atoms with Gasteiger partial charge in [0.15, 0.2) is 0 Å². The van der Waals surface area contributed by atoms with E-state index >= 15 is 0 Å². The van der Waals surface area contributed by atoms with Crippen molar-refractivity contribution in [1.82, 2.24) is 0 Å². The minimum Gasteiger partial charge on any atom is -0.342 e. The highest BCUT2D eigenvalue weighted by molar-refractivity contribution is 7.00. The van der Waals surface area contributed by atoms with Gasteiger partial charge in [0, 0.05) is 70.0 Å². The number of anilines is 10. The molecule has 0 fully saturated rings. The van der Waals surface area contributed by atoms with Crippen LogP contribution in [0.15, 0.2) is 170 Å². The molecule has 0 unspecified atom stereocenters. The molecule has 2 aliphatic heterocycles. The number of benzene rings is 9. The molecule has 4 nitrogen and oxygen atoms in total. The molecule has 0 atom stereocenters. The van der Waals surface area contributed by atoms with Gasteiger partial charge in [0.1, 0.15) is 0 Å². The van der Waals surface area contributed by atoms with Crippen LogP contribution in [0.3, 0.4) is 0 Å². The molecular weight excluding hydrogens is 1130 g/mol. The smallest absolute Gasteiger partial charge is 0.247 e. The summed E-state index contributed by atoms with van der Waals surface area (Å²) in [6, 6.07) is 67.8. The van der Waals surface area contributed by atoms with Gasteiger partial charge in [-0.2, -0.15) is 0 Å². The second kappa shape index (κ2) is 26.8. The molecule has 0 bridgehead atoms. The van der Waals surface area contributed by atoms with Gasteiger partial charge >= 0.3 is 0 Å². The van der Waals surface area contributed by atoms with Gasteiger partial charge < -0.3 is 19.6 Å². The quantitative estimate of drug-likeness (QED) is 0.0627. The summed E-state index contributed by atoms with van der Waals surface area (Å²) >= 11 is 0. The Hall–Kier alpha value is -7.69. The molecule has 6 heteroatoms. The maximum atomic E-state index is 2.77. The van der Waals surface area contributed by atoms with E-state index in [-0.39, 0.29) is 35.1 Å². The maximum absolute atomic E-state index is 2.77. The van der Waals surface area contributed by atoms with Crippen LogP contribution in [-0.4, -0.2) is 26.5 Å². The Balaban J connectivity index is 1.19. The summed E-state index contributed by atoms with van der Waals surface area (Å²) in [7, 11) is 0. The van der Waals surface area contributed by atoms with E-state index in [0.717, 1.165) is 48.7 Å². The average molecular weight is 1240 g/mol. The number of rotatable bonds is 18. The number of hydrogen-bond donors (Lipinski definition) is 0. The third kappa shape index (κ3) is 13.7. The molecule has 94 heavy (non-hydrogen) atoms. The van der Waals surface area contributed by atoms with Crippen LogP contribution in [0.4, 0.5) is 56.9 Å². The van der Waals surface area contributed by atoms with Gasteiger partial charge in [0.25, 0.3) is 0 Å². The summed E-state index contributed by atoms with van der Waals surface area (Å²) < 4.78 is 0. The van der Waals surface area contributed by atoms with E-state index in [9.17, 15) is 0 Å². The standard InChI is InChI=1S/C88H108B2N4/c1-21-23-25-27-49-91-79-47-45-73(93(69-37-29-65(30-38-69)85(9,10)11)70-39-31-66(32-40-70)86(12,13)14)55-75(79)89(83-61(5)51-59(3)52-62(83)6)77-58-82-78(57-81(77)91)90(84-63(7)53-60(4)54-64(84)8)76-56-74(46-48-80(76)92(82)50-28-26-24-22-2)94(71-41-33-67(34-42-71)87(15,16)17)72-43-35-68(36-44-72)88(18,19)20/h29-48,51-58H,21-28,49-50H2,1-20H3. The monoisotopic (exact) mass is 1240 g/mol. The fraction of sp³-hybridized carbons (Fsp3) is 0.386. The molecule has 2 heterocycles. The second-order valence-electron chi connectivity index (χ2n) is 32.2. The third-order valence-electron chi connectivity index (χ3n) is 20.6. The minimum absolute atomic E-state index is 0.0293. The van der Waals surface area contributed by atoms with Crippen LogP contribution in [-0.2, 0) is 21.7 Å². The Morgan fingerprint density at radius 1 is 0.287 bits per heavy atom. The second-order valence-corrected chi connectivity index (χ2v) is 32.2. The predicted molar refractivity (Wildman–Crippen MR) is 416 cm³/mol. The first-order valence-electron chi connectivity index (χ1n) is 35.7. The predicted octanol–water partition coefficient (Wildman–Crippen LogP) is 20.8. The van der Waals surface area contributed by atoms with Crippen molar-refractivity contribution in [2.75, 3.05) is 32.7 Å². The van der Waals surface area contributed by atoms with E-state index in [1.165, 1.54) is 161 Å². The molecule has 0 saturated heterocycles. The van der Waals surface area contributed by atoms with Crippen molar-refractivity contribution in [3.05, 3.63) is 225 Å². The molecule has 486 valence electrons. The first-order valence-corrected chi connectivity index (χ1v) is 35.7. The topological polar surface area (TPSA) is 13.0 Å². The lowest BCUT2D eigenvalue weighted by Crippen LogP contribution is -2.63. The van der Waals surface area contributed by atoms with E-state index in [1.807, 2.05) is 0 Å². The molecule has 0 N–H and O–H groups in total. The molecular formula is C88H108B2N4. The highest BCUT2D eigenvalue weighted by Crippen LogP contribution is 2.43. The van der Waals surface area contributed by atoms with Crippen molar-refractivity contribution in [2.24, 2.45) is 0 Å². The van der Waals surface area contributed by atoms with Gasteiger partial charge in [-0.25, -0.2) is 0 Å². The Morgan fingerprint density at radius 2 is 0.543 bits per heavy atom. The van der Waals surface area contributed by atoms with E-state index in [4.69, 9.17) is 0 Å². The molecule has 0 amide bonds. The molecule has 0 saturated carbocycles. The first-order chi connectivity index (χ1) is 44.5. The van der Waals surface area contributed by atoms with Crippen molar-refractivity contribution < 1.29 is 0 Å². The van der Waals surface area contributed by atoms with Crippen molar-refractivity contribution >= 4 is 103 Å². The van der Waals surface area contributed by atoms with Gasteiger partial charge in [-0.05, 0) is 217 Å². The van der Waals surface area contributed by atoms with Gasteiger partial charge in [-0.15, -0.1) is 0 Å². The van der Waals surface area contributed by atoms with Gasteiger partial charge in [-0.3, -0.25) is 0 Å². The fourth-order valence-electron chi connectivity index (χ4n) is 15.6. The zero-order chi connectivity index (χ0) is 67.3. The molecule has 9 aromatic rings. The zero-order valence-corrected chi connectivity index (χ0v) is 61.2. The Morgan fingerprint density at radius 3 is 0.798 bits per heavy atom. The molecule has 0 aromatic heterocycles. The highest BCUT2D eigenvalue weighted by atomic mass is 15.2. The fourth-order valence-corrected chi connectivity index (χ4v) is 15.6. The molecule has 9 aromatic carbocycles. The number of aryl methyl sites for hydroxylation is 6. The van der Waals surface area contributed by atoms with Crippen LogP contribution in [0, 0.1) is 41.5 Å². The van der Waals surface area contributed by atoms with Crippen LogP contribution >= 0.6 is 0 Å². The van der Waals surface area contributed by atoms with Crippen LogP contribution in [0.5, 0.6) is 0 Å². The molecule has 0 radical (unpaired) electrons. The lowest BCUT2D eigenvalue weighted by molar-refractivity contribution is 0.590. The maximum Gasteiger partial charge on any atom is 0.247 e. The van der Waals surface area contributed by atoms with Crippen molar-refractivity contribution in [1.29, 1.82) is 0 Å². The summed E-state index contributed by atoms with van der Waals surface area (Å²) in [5, 5.41) is 0. The summed E-state index contributed by atoms with van der Waals surface area (Å²) in [4.78, 5) is 10.6. The minimum atomic E-state index is -0.0500. The zero-order valence-electron chi connectivity index (χ0n) is 61.2. The lowest BCUT2D eigenvalue weighted by Gasteiger charge is -2.43. The van der Waals surface area contributed by atoms with E-state index in [1.54, 1.807) is 0 Å². The van der Waals surface area contributed by atoms with Gasteiger partial charge in [0.2, 0.25) is 13.4 Å². The number of unbranched alkanes of at least 4 members (excludes halogenated alkanes) is 6. The summed E-state index contributed by atoms with van der Waals surface area (Å²) in [5.41, 5.74) is 34.0. The van der Waals surface area contributed by atoms with Crippen molar-refractivity contribution in [2.45, 2.75) is 212 Å². The number of hydrogen-bond acceptors (Lipinski definition) is 4. The summed E-state index contributed by atoms with van der Waals surface area (Å²) in [6.45, 7) is 48.2. The number of fused-ring (bicyclic) bond motifs is 4. The average Bonchev–Trinajstić information content (AvgIpc) is 0.707. The molecule has 2 aliphatic rings. The Labute approximate surface area is 569 Å². The van der Waals surface area contributed by atoms with Crippen molar-refractivity contribution in [3.63, 3.8) is 0 Å². The van der Waals surface area contributed by atoms with Gasteiger partial charge in [-0.1, -0.05) is 253 Å². The van der Waals surface area contributed by atoms with E-state index in [0.29, 0.717) is 0 Å².